The van der Waals surface area contributed by atoms with Gasteiger partial charge in [0.25, 0.3) is 0 Å². The first-order valence-corrected chi connectivity index (χ1v) is 5.08. The molecule has 0 aliphatic carbocycles. The Kier molecular flexibility index (Phi) is 4.66. The van der Waals surface area contributed by atoms with Crippen molar-refractivity contribution in [3.63, 3.8) is 0 Å². The molecule has 2 unspecified atom stereocenters. The summed E-state index contributed by atoms with van der Waals surface area (Å²) in [6.07, 6.45) is 0. The van der Waals surface area contributed by atoms with Crippen molar-refractivity contribution in [1.29, 1.82) is 0 Å². The van der Waals surface area contributed by atoms with E-state index in [1.807, 2.05) is 6.07 Å². The normalized spacial score (nSPS) is 13.6. The van der Waals surface area contributed by atoms with Gasteiger partial charge in [0.1, 0.15) is 12.0 Å². The second-order valence-corrected chi connectivity index (χ2v) is 3.46. The summed E-state index contributed by atoms with van der Waals surface area (Å²) in [4.78, 5) is 23.1. The number of carbonyl (C=O) groups excluding carboxylic acids is 2. The number of nitrogens with two attached hydrogens (primary N) is 1. The van der Waals surface area contributed by atoms with Gasteiger partial charge < -0.3 is 15.2 Å². The Morgan fingerprint density at radius 2 is 1.59 bits per heavy atom. The predicted molar refractivity (Wildman–Crippen MR) is 61.2 cm³/mol. The van der Waals surface area contributed by atoms with Gasteiger partial charge in [0.2, 0.25) is 0 Å². The molecule has 1 rings (SSSR count). The largest absolute Gasteiger partial charge is 0.468 e. The van der Waals surface area contributed by atoms with Crippen molar-refractivity contribution in [3.8, 4) is 0 Å². The molecule has 2 atom stereocenters. The molecule has 92 valence electrons. The summed E-state index contributed by atoms with van der Waals surface area (Å²) < 4.78 is 9.19. The quantitative estimate of drug-likeness (QED) is 0.769. The molecule has 0 saturated heterocycles. The number of rotatable bonds is 4. The SMILES string of the molecule is COC(=O)C(N)C(C(=O)OC)c1ccccc1. The van der Waals surface area contributed by atoms with Crippen LogP contribution in [0.5, 0.6) is 0 Å². The third-order valence-electron chi connectivity index (χ3n) is 2.45. The molecule has 0 fully saturated rings. The average Bonchev–Trinajstić information content (AvgIpc) is 2.38. The predicted octanol–water partition coefficient (Wildman–Crippen LogP) is 0.443. The minimum atomic E-state index is -1.07. The molecule has 2 N–H and O–H groups in total. The van der Waals surface area contributed by atoms with E-state index in [-0.39, 0.29) is 0 Å². The molecular weight excluding hydrogens is 222 g/mol. The molecule has 0 spiro atoms. The highest BCUT2D eigenvalue weighted by Gasteiger charge is 2.33. The van der Waals surface area contributed by atoms with Crippen LogP contribution in [-0.4, -0.2) is 32.2 Å². The lowest BCUT2D eigenvalue weighted by Gasteiger charge is -2.19. The third kappa shape index (κ3) is 3.04. The molecule has 0 aliphatic rings. The number of benzene rings is 1. The Labute approximate surface area is 99.5 Å². The van der Waals surface area contributed by atoms with Crippen LogP contribution in [0.15, 0.2) is 30.3 Å². The van der Waals surface area contributed by atoms with Crippen molar-refractivity contribution in [3.05, 3.63) is 35.9 Å². The van der Waals surface area contributed by atoms with Gasteiger partial charge in [-0.25, -0.2) is 0 Å². The van der Waals surface area contributed by atoms with E-state index in [0.29, 0.717) is 5.56 Å². The second kappa shape index (κ2) is 6.00. The van der Waals surface area contributed by atoms with E-state index in [2.05, 4.69) is 9.47 Å². The van der Waals surface area contributed by atoms with E-state index < -0.39 is 23.9 Å². The topological polar surface area (TPSA) is 78.6 Å². The Morgan fingerprint density at radius 1 is 1.06 bits per heavy atom. The summed E-state index contributed by atoms with van der Waals surface area (Å²) in [6.45, 7) is 0. The molecule has 0 heterocycles. The highest BCUT2D eigenvalue weighted by Crippen LogP contribution is 2.20. The second-order valence-electron chi connectivity index (χ2n) is 3.46. The molecule has 0 radical (unpaired) electrons. The number of hydrogen-bond acceptors (Lipinski definition) is 5. The molecule has 0 saturated carbocycles. The van der Waals surface area contributed by atoms with Gasteiger partial charge in [0.15, 0.2) is 0 Å². The fourth-order valence-corrected chi connectivity index (χ4v) is 1.55. The van der Waals surface area contributed by atoms with Gasteiger partial charge >= 0.3 is 11.9 Å². The van der Waals surface area contributed by atoms with Crippen LogP contribution in [0.4, 0.5) is 0 Å². The fraction of sp³-hybridized carbons (Fsp3) is 0.333. The summed E-state index contributed by atoms with van der Waals surface area (Å²) in [5.41, 5.74) is 6.33. The lowest BCUT2D eigenvalue weighted by molar-refractivity contribution is -0.150. The summed E-state index contributed by atoms with van der Waals surface area (Å²) in [5.74, 6) is -2.06. The van der Waals surface area contributed by atoms with Gasteiger partial charge in [-0.2, -0.15) is 0 Å². The molecule has 0 aromatic heterocycles. The molecular formula is C12H15NO4. The van der Waals surface area contributed by atoms with E-state index in [0.717, 1.165) is 0 Å². The van der Waals surface area contributed by atoms with E-state index in [1.165, 1.54) is 14.2 Å². The van der Waals surface area contributed by atoms with Crippen molar-refractivity contribution in [1.82, 2.24) is 0 Å². The van der Waals surface area contributed by atoms with E-state index in [1.54, 1.807) is 24.3 Å². The Hall–Kier alpha value is -1.88. The smallest absolute Gasteiger partial charge is 0.323 e. The maximum absolute atomic E-state index is 11.7. The molecule has 5 nitrogen and oxygen atoms in total. The maximum Gasteiger partial charge on any atom is 0.323 e. The molecule has 5 heteroatoms. The summed E-state index contributed by atoms with van der Waals surface area (Å²) in [7, 11) is 2.48. The van der Waals surface area contributed by atoms with Crippen molar-refractivity contribution < 1.29 is 19.1 Å². The fourth-order valence-electron chi connectivity index (χ4n) is 1.55. The Bertz CT molecular complexity index is 391. The first-order valence-electron chi connectivity index (χ1n) is 5.08. The lowest BCUT2D eigenvalue weighted by atomic mass is 9.92. The zero-order valence-corrected chi connectivity index (χ0v) is 9.75. The summed E-state index contributed by atoms with van der Waals surface area (Å²) in [6, 6.07) is 7.68. The zero-order valence-electron chi connectivity index (χ0n) is 9.75. The van der Waals surface area contributed by atoms with Crippen LogP contribution in [0.25, 0.3) is 0 Å². The number of methoxy groups -OCH3 is 2. The van der Waals surface area contributed by atoms with Crippen LogP contribution in [0, 0.1) is 0 Å². The standard InChI is InChI=1S/C12H15NO4/c1-16-11(14)9(10(13)12(15)17-2)8-6-4-3-5-7-8/h3-7,9-10H,13H2,1-2H3. The molecule has 0 amide bonds. The highest BCUT2D eigenvalue weighted by atomic mass is 16.5. The van der Waals surface area contributed by atoms with Crippen molar-refractivity contribution in [2.75, 3.05) is 14.2 Å². The van der Waals surface area contributed by atoms with Crippen LogP contribution in [0.2, 0.25) is 0 Å². The minimum absolute atomic E-state index is 0.561. The number of hydrogen-bond donors (Lipinski definition) is 1. The maximum atomic E-state index is 11.7. The van der Waals surface area contributed by atoms with Gasteiger partial charge in [-0.3, -0.25) is 9.59 Å². The molecule has 0 bridgehead atoms. The molecule has 1 aromatic carbocycles. The minimum Gasteiger partial charge on any atom is -0.468 e. The zero-order chi connectivity index (χ0) is 12.8. The summed E-state index contributed by atoms with van der Waals surface area (Å²) >= 11 is 0. The molecule has 1 aromatic rings. The molecule has 0 aliphatic heterocycles. The monoisotopic (exact) mass is 237 g/mol. The van der Waals surface area contributed by atoms with Crippen molar-refractivity contribution in [2.45, 2.75) is 12.0 Å². The van der Waals surface area contributed by atoms with E-state index >= 15 is 0 Å². The van der Waals surface area contributed by atoms with Crippen molar-refractivity contribution in [2.24, 2.45) is 5.73 Å². The van der Waals surface area contributed by atoms with Crippen molar-refractivity contribution >= 4 is 11.9 Å². The van der Waals surface area contributed by atoms with Gasteiger partial charge in [-0.15, -0.1) is 0 Å². The van der Waals surface area contributed by atoms with Gasteiger partial charge in [0, 0.05) is 0 Å². The first kappa shape index (κ1) is 13.2. The van der Waals surface area contributed by atoms with Crippen LogP contribution in [0.1, 0.15) is 11.5 Å². The van der Waals surface area contributed by atoms with E-state index in [4.69, 9.17) is 5.73 Å². The third-order valence-corrected chi connectivity index (χ3v) is 2.45. The number of ether oxygens (including phenoxy) is 2. The van der Waals surface area contributed by atoms with Crippen LogP contribution >= 0.6 is 0 Å². The Balaban J connectivity index is 3.05. The summed E-state index contributed by atoms with van der Waals surface area (Å²) in [5, 5.41) is 0. The van der Waals surface area contributed by atoms with Crippen LogP contribution in [-0.2, 0) is 19.1 Å². The van der Waals surface area contributed by atoms with Crippen LogP contribution < -0.4 is 5.73 Å². The lowest BCUT2D eigenvalue weighted by Crippen LogP contribution is -2.41. The number of esters is 2. The van der Waals surface area contributed by atoms with Gasteiger partial charge in [0.05, 0.1) is 14.2 Å². The number of carbonyl (C=O) groups is 2. The molecule has 17 heavy (non-hydrogen) atoms. The highest BCUT2D eigenvalue weighted by molar-refractivity contribution is 5.88. The Morgan fingerprint density at radius 3 is 2.06 bits per heavy atom. The van der Waals surface area contributed by atoms with E-state index in [9.17, 15) is 9.59 Å². The first-order chi connectivity index (χ1) is 8.11. The van der Waals surface area contributed by atoms with Crippen LogP contribution in [0.3, 0.4) is 0 Å². The van der Waals surface area contributed by atoms with Gasteiger partial charge in [-0.05, 0) is 5.56 Å². The van der Waals surface area contributed by atoms with Gasteiger partial charge in [-0.1, -0.05) is 30.3 Å². The average molecular weight is 237 g/mol.